The third-order valence-electron chi connectivity index (χ3n) is 5.77. The summed E-state index contributed by atoms with van der Waals surface area (Å²) in [6.45, 7) is 0.968. The molecule has 2 aromatic rings. The number of anilines is 1. The lowest BCUT2D eigenvalue weighted by molar-refractivity contribution is 0.0200. The quantitative estimate of drug-likeness (QED) is 0.776. The van der Waals surface area contributed by atoms with E-state index in [4.69, 9.17) is 11.6 Å². The summed E-state index contributed by atoms with van der Waals surface area (Å²) in [6, 6.07) is 19.0. The third kappa shape index (κ3) is 4.63. The second kappa shape index (κ2) is 8.32. The van der Waals surface area contributed by atoms with Gasteiger partial charge in [0.05, 0.1) is 0 Å². The predicted molar refractivity (Wildman–Crippen MR) is 110 cm³/mol. The summed E-state index contributed by atoms with van der Waals surface area (Å²) in [4.78, 5) is 15.0. The van der Waals surface area contributed by atoms with Crippen molar-refractivity contribution in [3.8, 4) is 0 Å². The number of urea groups is 1. The smallest absolute Gasteiger partial charge is 0.319 e. The Morgan fingerprint density at radius 1 is 1.00 bits per heavy atom. The number of amides is 2. The van der Waals surface area contributed by atoms with E-state index in [1.807, 2.05) is 42.5 Å². The monoisotopic (exact) mass is 383 g/mol. The van der Waals surface area contributed by atoms with Gasteiger partial charge in [0.25, 0.3) is 0 Å². The van der Waals surface area contributed by atoms with Crippen LogP contribution in [0.5, 0.6) is 0 Å². The zero-order chi connectivity index (χ0) is 18.6. The highest BCUT2D eigenvalue weighted by Gasteiger charge is 2.38. The molecule has 0 unspecified atom stereocenters. The van der Waals surface area contributed by atoms with Gasteiger partial charge in [-0.3, -0.25) is 4.90 Å². The number of nitrogens with one attached hydrogen (secondary N) is 2. The van der Waals surface area contributed by atoms with Gasteiger partial charge in [0.1, 0.15) is 0 Å². The second-order valence-electron chi connectivity index (χ2n) is 7.67. The van der Waals surface area contributed by atoms with Crippen LogP contribution in [0, 0.1) is 0 Å². The molecule has 0 spiro atoms. The number of benzene rings is 2. The average molecular weight is 384 g/mol. The van der Waals surface area contributed by atoms with Crippen LogP contribution in [0.4, 0.5) is 10.5 Å². The number of hydrogen-bond acceptors (Lipinski definition) is 2. The Labute approximate surface area is 165 Å². The lowest BCUT2D eigenvalue weighted by Gasteiger charge is -2.49. The summed E-state index contributed by atoms with van der Waals surface area (Å²) in [5, 5.41) is 6.91. The van der Waals surface area contributed by atoms with Crippen molar-refractivity contribution >= 4 is 23.3 Å². The molecular formula is C22H26ClN3O. The molecule has 2 amide bonds. The summed E-state index contributed by atoms with van der Waals surface area (Å²) < 4.78 is 0. The fourth-order valence-corrected chi connectivity index (χ4v) is 4.66. The molecule has 4 rings (SSSR count). The van der Waals surface area contributed by atoms with Gasteiger partial charge in [0, 0.05) is 35.4 Å². The number of carbonyl (C=O) groups excluding carboxylic acids is 1. The predicted octanol–water partition coefficient (Wildman–Crippen LogP) is 5.05. The molecule has 2 aliphatic heterocycles. The van der Waals surface area contributed by atoms with Crippen molar-refractivity contribution in [1.82, 2.24) is 10.2 Å². The van der Waals surface area contributed by atoms with Crippen LogP contribution in [0.2, 0.25) is 5.02 Å². The van der Waals surface area contributed by atoms with Gasteiger partial charge in [-0.2, -0.15) is 0 Å². The van der Waals surface area contributed by atoms with Gasteiger partial charge in [-0.05, 0) is 55.5 Å². The van der Waals surface area contributed by atoms with E-state index >= 15 is 0 Å². The molecule has 2 bridgehead atoms. The number of carbonyl (C=O) groups is 1. The highest BCUT2D eigenvalue weighted by atomic mass is 35.5. The molecule has 0 aliphatic carbocycles. The average Bonchev–Trinajstić information content (AvgIpc) is 2.65. The molecule has 2 atom stereocenters. The molecular weight excluding hydrogens is 358 g/mol. The van der Waals surface area contributed by atoms with Crippen LogP contribution in [0.15, 0.2) is 54.6 Å². The molecule has 142 valence electrons. The van der Waals surface area contributed by atoms with Gasteiger partial charge in [-0.15, -0.1) is 0 Å². The van der Waals surface area contributed by atoms with Crippen LogP contribution >= 0.6 is 11.6 Å². The molecule has 2 saturated heterocycles. The molecule has 0 aromatic heterocycles. The standard InChI is InChI=1S/C22H26ClN3O/c23-17-11-9-16(10-12-17)15-26-20-7-4-8-21(26)14-19(13-20)25-22(27)24-18-5-2-1-3-6-18/h1-3,5-6,9-12,19-21H,4,7-8,13-15H2,(H2,24,25,27)/t20-,21-/m1/s1. The zero-order valence-corrected chi connectivity index (χ0v) is 16.2. The fraction of sp³-hybridized carbons (Fsp3) is 0.409. The van der Waals surface area contributed by atoms with Crippen molar-refractivity contribution in [3.05, 3.63) is 65.2 Å². The molecule has 0 radical (unpaired) electrons. The first-order valence-corrected chi connectivity index (χ1v) is 10.2. The summed E-state index contributed by atoms with van der Waals surface area (Å²) in [6.07, 6.45) is 5.75. The van der Waals surface area contributed by atoms with Crippen molar-refractivity contribution < 1.29 is 4.79 Å². The van der Waals surface area contributed by atoms with E-state index in [9.17, 15) is 4.79 Å². The fourth-order valence-electron chi connectivity index (χ4n) is 4.53. The van der Waals surface area contributed by atoms with Crippen LogP contribution in [-0.4, -0.2) is 29.1 Å². The van der Waals surface area contributed by atoms with E-state index in [0.717, 1.165) is 30.1 Å². The molecule has 2 N–H and O–H groups in total. The second-order valence-corrected chi connectivity index (χ2v) is 8.11. The first kappa shape index (κ1) is 18.3. The number of fused-ring (bicyclic) bond motifs is 2. The summed E-state index contributed by atoms with van der Waals surface area (Å²) >= 11 is 6.02. The number of para-hydroxylation sites is 1. The Bertz CT molecular complexity index is 751. The Morgan fingerprint density at radius 2 is 1.67 bits per heavy atom. The maximum Gasteiger partial charge on any atom is 0.319 e. The van der Waals surface area contributed by atoms with Crippen LogP contribution in [0.3, 0.4) is 0 Å². The number of halogens is 1. The Balaban J connectivity index is 1.36. The van der Waals surface area contributed by atoms with E-state index < -0.39 is 0 Å². The number of nitrogens with zero attached hydrogens (tertiary/aromatic N) is 1. The zero-order valence-electron chi connectivity index (χ0n) is 15.4. The lowest BCUT2D eigenvalue weighted by Crippen LogP contribution is -2.56. The van der Waals surface area contributed by atoms with Crippen molar-refractivity contribution in [2.45, 2.75) is 56.8 Å². The van der Waals surface area contributed by atoms with Crippen LogP contribution in [0.25, 0.3) is 0 Å². The Kier molecular flexibility index (Phi) is 5.65. The van der Waals surface area contributed by atoms with Gasteiger partial charge >= 0.3 is 6.03 Å². The molecule has 2 aliphatic rings. The van der Waals surface area contributed by atoms with Gasteiger partial charge in [0.15, 0.2) is 0 Å². The van der Waals surface area contributed by atoms with Crippen molar-refractivity contribution in [2.24, 2.45) is 0 Å². The van der Waals surface area contributed by atoms with E-state index in [1.165, 1.54) is 24.8 Å². The first-order valence-electron chi connectivity index (χ1n) is 9.80. The summed E-state index contributed by atoms with van der Waals surface area (Å²) in [7, 11) is 0. The number of rotatable bonds is 4. The Morgan fingerprint density at radius 3 is 2.33 bits per heavy atom. The number of piperidine rings is 2. The van der Waals surface area contributed by atoms with Crippen LogP contribution < -0.4 is 10.6 Å². The third-order valence-corrected chi connectivity index (χ3v) is 6.02. The minimum Gasteiger partial charge on any atom is -0.335 e. The minimum atomic E-state index is -0.101. The molecule has 0 saturated carbocycles. The van der Waals surface area contributed by atoms with Crippen molar-refractivity contribution in [1.29, 1.82) is 0 Å². The van der Waals surface area contributed by atoms with E-state index in [2.05, 4.69) is 27.7 Å². The molecule has 4 nitrogen and oxygen atoms in total. The van der Waals surface area contributed by atoms with Gasteiger partial charge < -0.3 is 10.6 Å². The SMILES string of the molecule is O=C(Nc1ccccc1)NC1C[C@H]2CCC[C@H](C1)N2Cc1ccc(Cl)cc1. The first-order chi connectivity index (χ1) is 13.2. The maximum absolute atomic E-state index is 12.4. The maximum atomic E-state index is 12.4. The van der Waals surface area contributed by atoms with E-state index in [0.29, 0.717) is 12.1 Å². The highest BCUT2D eigenvalue weighted by Crippen LogP contribution is 2.35. The largest absolute Gasteiger partial charge is 0.335 e. The van der Waals surface area contributed by atoms with Crippen LogP contribution in [-0.2, 0) is 6.54 Å². The lowest BCUT2D eigenvalue weighted by atomic mass is 9.81. The molecule has 27 heavy (non-hydrogen) atoms. The molecule has 2 aromatic carbocycles. The van der Waals surface area contributed by atoms with E-state index in [1.54, 1.807) is 0 Å². The normalized spacial score (nSPS) is 25.0. The van der Waals surface area contributed by atoms with Gasteiger partial charge in [-0.25, -0.2) is 4.79 Å². The van der Waals surface area contributed by atoms with E-state index in [-0.39, 0.29) is 12.1 Å². The Hall–Kier alpha value is -2.04. The molecule has 2 heterocycles. The molecule has 2 fully saturated rings. The minimum absolute atomic E-state index is 0.101. The van der Waals surface area contributed by atoms with Crippen LogP contribution in [0.1, 0.15) is 37.7 Å². The summed E-state index contributed by atoms with van der Waals surface area (Å²) in [5.74, 6) is 0. The van der Waals surface area contributed by atoms with Gasteiger partial charge in [-0.1, -0.05) is 48.4 Å². The topological polar surface area (TPSA) is 44.4 Å². The van der Waals surface area contributed by atoms with Crippen molar-refractivity contribution in [3.63, 3.8) is 0 Å². The number of hydrogen-bond donors (Lipinski definition) is 2. The van der Waals surface area contributed by atoms with Crippen molar-refractivity contribution in [2.75, 3.05) is 5.32 Å². The summed E-state index contributed by atoms with van der Waals surface area (Å²) in [5.41, 5.74) is 2.14. The molecule has 5 heteroatoms. The van der Waals surface area contributed by atoms with Gasteiger partial charge in [0.2, 0.25) is 0 Å². The highest BCUT2D eigenvalue weighted by molar-refractivity contribution is 6.30.